The molecule has 0 spiro atoms. The number of rotatable bonds is 8. The van der Waals surface area contributed by atoms with Crippen LogP contribution in [-0.2, 0) is 22.4 Å². The molecule has 0 N–H and O–H groups in total. The molecule has 4 rings (SSSR count). The largest absolute Gasteiger partial charge is 0.342 e. The highest BCUT2D eigenvalue weighted by atomic mass is 16.2. The Balaban J connectivity index is 1.58. The van der Waals surface area contributed by atoms with E-state index in [4.69, 9.17) is 9.97 Å². The van der Waals surface area contributed by atoms with E-state index in [1.54, 1.807) is 0 Å². The van der Waals surface area contributed by atoms with E-state index in [9.17, 15) is 9.59 Å². The number of hydrogen-bond donors (Lipinski definition) is 0. The van der Waals surface area contributed by atoms with Gasteiger partial charge < -0.3 is 4.90 Å². The minimum absolute atomic E-state index is 0.0153. The van der Waals surface area contributed by atoms with E-state index in [2.05, 4.69) is 17.0 Å². The van der Waals surface area contributed by atoms with Crippen LogP contribution in [0.4, 0.5) is 5.82 Å². The van der Waals surface area contributed by atoms with E-state index < -0.39 is 0 Å². The third kappa shape index (κ3) is 5.08. The number of anilines is 1. The Hall–Kier alpha value is -2.80. The van der Waals surface area contributed by atoms with Crippen LogP contribution < -0.4 is 4.90 Å². The molecule has 176 valence electrons. The molecule has 0 aliphatic carbocycles. The highest BCUT2D eigenvalue weighted by Gasteiger charge is 2.34. The van der Waals surface area contributed by atoms with Crippen molar-refractivity contribution in [2.45, 2.75) is 58.9 Å². The zero-order valence-corrected chi connectivity index (χ0v) is 20.1. The van der Waals surface area contributed by atoms with Crippen molar-refractivity contribution in [2.24, 2.45) is 0 Å². The number of carbonyl (C=O) groups excluding carboxylic acids is 2. The summed E-state index contributed by atoms with van der Waals surface area (Å²) in [6, 6.07) is 10.3. The van der Waals surface area contributed by atoms with E-state index in [1.807, 2.05) is 48.8 Å². The fraction of sp³-hybridized carbons (Fsp3) is 0.538. The lowest BCUT2D eigenvalue weighted by molar-refractivity contribution is -0.132. The van der Waals surface area contributed by atoms with Crippen molar-refractivity contribution in [2.75, 3.05) is 37.6 Å². The monoisotopic (exact) mass is 449 g/mol. The molecule has 2 aromatic rings. The second-order valence-electron chi connectivity index (χ2n) is 8.94. The summed E-state index contributed by atoms with van der Waals surface area (Å²) in [5.41, 5.74) is 3.24. The second kappa shape index (κ2) is 10.4. The number of nitrogens with zero attached hydrogens (tertiary/aromatic N) is 5. The standard InChI is InChI=1S/C26H35N5O2/c1-4-29(5-2)24(33)18-30-16-9-12-22(30)25-27-19(3)21-13-14-23(32)31(26(21)28-25)17-15-20-10-7-6-8-11-20/h6-8,10-11,22H,4-5,9,12-18H2,1-3H3/t22-/m1/s1. The number of carbonyl (C=O) groups is 2. The van der Waals surface area contributed by atoms with Gasteiger partial charge in [0.2, 0.25) is 11.8 Å². The molecule has 0 unspecified atom stereocenters. The van der Waals surface area contributed by atoms with Crippen molar-refractivity contribution in [3.8, 4) is 0 Å². The number of aromatic nitrogens is 2. The molecule has 1 aromatic heterocycles. The first-order chi connectivity index (χ1) is 16.0. The highest BCUT2D eigenvalue weighted by molar-refractivity contribution is 5.95. The molecule has 1 aromatic carbocycles. The SMILES string of the molecule is CCN(CC)C(=O)CN1CCC[C@@H]1c1nc(C)c2c(n1)N(CCc1ccccc1)C(=O)CC2. The Labute approximate surface area is 196 Å². The number of likely N-dealkylation sites (N-methyl/N-ethyl adjacent to an activating group) is 1. The molecule has 2 aliphatic heterocycles. The smallest absolute Gasteiger partial charge is 0.236 e. The van der Waals surface area contributed by atoms with Gasteiger partial charge in [-0.05, 0) is 58.6 Å². The normalized spacial score (nSPS) is 18.5. The summed E-state index contributed by atoms with van der Waals surface area (Å²) in [7, 11) is 0. The first-order valence-corrected chi connectivity index (χ1v) is 12.2. The predicted octanol–water partition coefficient (Wildman–Crippen LogP) is 3.31. The molecular weight excluding hydrogens is 414 g/mol. The van der Waals surface area contributed by atoms with Crippen LogP contribution >= 0.6 is 0 Å². The minimum atomic E-state index is 0.0153. The summed E-state index contributed by atoms with van der Waals surface area (Å²) in [5, 5.41) is 0. The maximum absolute atomic E-state index is 12.9. The maximum Gasteiger partial charge on any atom is 0.236 e. The Bertz CT molecular complexity index is 990. The lowest BCUT2D eigenvalue weighted by Crippen LogP contribution is -2.41. The summed E-state index contributed by atoms with van der Waals surface area (Å²) < 4.78 is 0. The fourth-order valence-electron chi connectivity index (χ4n) is 5.03. The zero-order chi connectivity index (χ0) is 23.4. The van der Waals surface area contributed by atoms with Crippen LogP contribution in [0.25, 0.3) is 0 Å². The molecule has 1 atom stereocenters. The number of benzene rings is 1. The summed E-state index contributed by atoms with van der Waals surface area (Å²) in [4.78, 5) is 41.4. The van der Waals surface area contributed by atoms with Crippen LogP contribution in [0.2, 0.25) is 0 Å². The van der Waals surface area contributed by atoms with Crippen molar-refractivity contribution in [3.63, 3.8) is 0 Å². The van der Waals surface area contributed by atoms with Gasteiger partial charge in [0, 0.05) is 37.3 Å². The van der Waals surface area contributed by atoms with Gasteiger partial charge in [0.25, 0.3) is 0 Å². The summed E-state index contributed by atoms with van der Waals surface area (Å²) >= 11 is 0. The van der Waals surface area contributed by atoms with E-state index in [0.29, 0.717) is 25.9 Å². The number of fused-ring (bicyclic) bond motifs is 1. The van der Waals surface area contributed by atoms with Crippen molar-refractivity contribution < 1.29 is 9.59 Å². The summed E-state index contributed by atoms with van der Waals surface area (Å²) in [6.45, 7) is 9.37. The van der Waals surface area contributed by atoms with Gasteiger partial charge in [-0.15, -0.1) is 0 Å². The Morgan fingerprint density at radius 1 is 1.12 bits per heavy atom. The molecule has 1 saturated heterocycles. The van der Waals surface area contributed by atoms with Gasteiger partial charge in [-0.25, -0.2) is 9.97 Å². The average molecular weight is 450 g/mol. The number of likely N-dealkylation sites (tertiary alicyclic amines) is 1. The molecule has 7 nitrogen and oxygen atoms in total. The topological polar surface area (TPSA) is 69.6 Å². The van der Waals surface area contributed by atoms with E-state index in [-0.39, 0.29) is 17.9 Å². The van der Waals surface area contributed by atoms with Gasteiger partial charge in [0.1, 0.15) is 11.6 Å². The molecule has 33 heavy (non-hydrogen) atoms. The molecule has 0 saturated carbocycles. The van der Waals surface area contributed by atoms with Crippen LogP contribution in [0, 0.1) is 6.92 Å². The first-order valence-electron chi connectivity index (χ1n) is 12.2. The molecule has 7 heteroatoms. The third-order valence-corrected chi connectivity index (χ3v) is 6.94. The summed E-state index contributed by atoms with van der Waals surface area (Å²) in [6.07, 6.45) is 3.93. The molecule has 0 bridgehead atoms. The predicted molar refractivity (Wildman–Crippen MR) is 129 cm³/mol. The zero-order valence-electron chi connectivity index (χ0n) is 20.1. The van der Waals surface area contributed by atoms with Gasteiger partial charge >= 0.3 is 0 Å². The van der Waals surface area contributed by atoms with E-state index >= 15 is 0 Å². The lowest BCUT2D eigenvalue weighted by Gasteiger charge is -2.31. The van der Waals surface area contributed by atoms with Crippen LogP contribution in [0.5, 0.6) is 0 Å². The summed E-state index contributed by atoms with van der Waals surface area (Å²) in [5.74, 6) is 1.80. The molecule has 2 amide bonds. The van der Waals surface area contributed by atoms with Crippen LogP contribution in [-0.4, -0.2) is 64.3 Å². The molecule has 2 aliphatic rings. The first kappa shape index (κ1) is 23.4. The van der Waals surface area contributed by atoms with Gasteiger partial charge in [-0.2, -0.15) is 0 Å². The van der Waals surface area contributed by atoms with E-state index in [0.717, 1.165) is 61.8 Å². The van der Waals surface area contributed by atoms with Crippen LogP contribution in [0.15, 0.2) is 30.3 Å². The quantitative estimate of drug-likeness (QED) is 0.618. The van der Waals surface area contributed by atoms with Gasteiger partial charge in [0.15, 0.2) is 0 Å². The average Bonchev–Trinajstić information content (AvgIpc) is 3.28. The third-order valence-electron chi connectivity index (χ3n) is 6.94. The Kier molecular flexibility index (Phi) is 7.38. The molecule has 0 radical (unpaired) electrons. The van der Waals surface area contributed by atoms with Gasteiger partial charge in [-0.1, -0.05) is 30.3 Å². The fourth-order valence-corrected chi connectivity index (χ4v) is 5.03. The Morgan fingerprint density at radius 2 is 1.88 bits per heavy atom. The van der Waals surface area contributed by atoms with Crippen LogP contribution in [0.3, 0.4) is 0 Å². The number of amides is 2. The van der Waals surface area contributed by atoms with Crippen molar-refractivity contribution >= 4 is 17.6 Å². The lowest BCUT2D eigenvalue weighted by atomic mass is 10.0. The molecule has 3 heterocycles. The Morgan fingerprint density at radius 3 is 2.61 bits per heavy atom. The van der Waals surface area contributed by atoms with Crippen molar-refractivity contribution in [1.29, 1.82) is 0 Å². The van der Waals surface area contributed by atoms with Crippen molar-refractivity contribution in [3.05, 3.63) is 53.0 Å². The van der Waals surface area contributed by atoms with Gasteiger partial charge in [-0.3, -0.25) is 19.4 Å². The molecular formula is C26H35N5O2. The number of hydrogen-bond acceptors (Lipinski definition) is 5. The van der Waals surface area contributed by atoms with E-state index in [1.165, 1.54) is 5.56 Å². The second-order valence-corrected chi connectivity index (χ2v) is 8.94. The maximum atomic E-state index is 12.9. The minimum Gasteiger partial charge on any atom is -0.342 e. The van der Waals surface area contributed by atoms with Gasteiger partial charge in [0.05, 0.1) is 12.6 Å². The van der Waals surface area contributed by atoms with Crippen molar-refractivity contribution in [1.82, 2.24) is 19.8 Å². The molecule has 1 fully saturated rings. The number of aryl methyl sites for hydroxylation is 1. The van der Waals surface area contributed by atoms with Crippen LogP contribution in [0.1, 0.15) is 61.8 Å². The highest BCUT2D eigenvalue weighted by Crippen LogP contribution is 2.34.